The Hall–Kier alpha value is -1.03. The molecule has 0 bridgehead atoms. The van der Waals surface area contributed by atoms with Gasteiger partial charge in [0.25, 0.3) is 0 Å². The smallest absolute Gasteiger partial charge is 0.220 e. The first-order valence-corrected chi connectivity index (χ1v) is 4.49. The lowest BCUT2D eigenvalue weighted by molar-refractivity contribution is -0.119. The number of halogens is 1. The van der Waals surface area contributed by atoms with Crippen molar-refractivity contribution in [2.24, 2.45) is 7.05 Å². The molecular weight excluding hydrogens is 190 g/mol. The molecule has 2 heterocycles. The SMILES string of the molecule is Cn1cnc(Cl)c1C1CNC(=O)C1. The summed E-state index contributed by atoms with van der Waals surface area (Å²) in [5.41, 5.74) is 0.944. The van der Waals surface area contributed by atoms with E-state index in [0.717, 1.165) is 5.69 Å². The van der Waals surface area contributed by atoms with Crippen LogP contribution < -0.4 is 5.32 Å². The Morgan fingerprint density at radius 2 is 2.54 bits per heavy atom. The molecule has 1 unspecified atom stereocenters. The van der Waals surface area contributed by atoms with Gasteiger partial charge in [-0.1, -0.05) is 11.6 Å². The quantitative estimate of drug-likeness (QED) is 0.723. The van der Waals surface area contributed by atoms with Crippen LogP contribution in [0.1, 0.15) is 18.0 Å². The number of rotatable bonds is 1. The number of carbonyl (C=O) groups excluding carboxylic acids is 1. The third-order valence-corrected chi connectivity index (χ3v) is 2.59. The van der Waals surface area contributed by atoms with Gasteiger partial charge in [0.2, 0.25) is 5.91 Å². The Labute approximate surface area is 80.9 Å². The van der Waals surface area contributed by atoms with Gasteiger partial charge in [-0.15, -0.1) is 0 Å². The molecule has 2 rings (SSSR count). The molecule has 1 aliphatic heterocycles. The summed E-state index contributed by atoms with van der Waals surface area (Å²) in [5.74, 6) is 0.259. The molecule has 1 aliphatic rings. The number of aromatic nitrogens is 2. The number of amides is 1. The van der Waals surface area contributed by atoms with E-state index >= 15 is 0 Å². The molecular formula is C8H10ClN3O. The lowest BCUT2D eigenvalue weighted by Crippen LogP contribution is -2.14. The van der Waals surface area contributed by atoms with E-state index in [0.29, 0.717) is 18.1 Å². The predicted molar refractivity (Wildman–Crippen MR) is 48.6 cm³/mol. The molecule has 0 aliphatic carbocycles. The van der Waals surface area contributed by atoms with Gasteiger partial charge in [-0.2, -0.15) is 0 Å². The Kier molecular flexibility index (Phi) is 2.00. The van der Waals surface area contributed by atoms with Crippen LogP contribution in [0.4, 0.5) is 0 Å². The first-order chi connectivity index (χ1) is 6.18. The summed E-state index contributed by atoms with van der Waals surface area (Å²) >= 11 is 5.90. The molecule has 70 valence electrons. The average Bonchev–Trinajstić information content (AvgIpc) is 2.60. The predicted octanol–water partition coefficient (Wildman–Crippen LogP) is 0.677. The van der Waals surface area contributed by atoms with Gasteiger partial charge >= 0.3 is 0 Å². The van der Waals surface area contributed by atoms with Gasteiger partial charge in [0, 0.05) is 25.9 Å². The van der Waals surface area contributed by atoms with Crippen molar-refractivity contribution in [3.63, 3.8) is 0 Å². The Bertz CT molecular complexity index is 328. The van der Waals surface area contributed by atoms with Crippen LogP contribution in [-0.4, -0.2) is 22.0 Å². The van der Waals surface area contributed by atoms with Crippen molar-refractivity contribution in [1.82, 2.24) is 14.9 Å². The highest BCUT2D eigenvalue weighted by atomic mass is 35.5. The molecule has 13 heavy (non-hydrogen) atoms. The van der Waals surface area contributed by atoms with Gasteiger partial charge in [0.1, 0.15) is 0 Å². The van der Waals surface area contributed by atoms with Gasteiger partial charge in [0.15, 0.2) is 5.15 Å². The standard InChI is InChI=1S/C8H10ClN3O/c1-12-4-11-8(9)7(12)5-2-6(13)10-3-5/h4-5H,2-3H2,1H3,(H,10,13). The van der Waals surface area contributed by atoms with Gasteiger partial charge in [-0.3, -0.25) is 4.79 Å². The maximum atomic E-state index is 11.0. The molecule has 1 atom stereocenters. The molecule has 0 aromatic carbocycles. The van der Waals surface area contributed by atoms with Gasteiger partial charge < -0.3 is 9.88 Å². The lowest BCUT2D eigenvalue weighted by atomic mass is 10.1. The average molecular weight is 200 g/mol. The highest BCUT2D eigenvalue weighted by Gasteiger charge is 2.27. The van der Waals surface area contributed by atoms with Crippen LogP contribution in [0.15, 0.2) is 6.33 Å². The van der Waals surface area contributed by atoms with Gasteiger partial charge in [0.05, 0.1) is 12.0 Å². The summed E-state index contributed by atoms with van der Waals surface area (Å²) in [6.45, 7) is 0.665. The number of nitrogens with zero attached hydrogens (tertiary/aromatic N) is 2. The van der Waals surface area contributed by atoms with Gasteiger partial charge in [-0.05, 0) is 0 Å². The highest BCUT2D eigenvalue weighted by Crippen LogP contribution is 2.27. The van der Waals surface area contributed by atoms with Gasteiger partial charge in [-0.25, -0.2) is 4.98 Å². The van der Waals surface area contributed by atoms with E-state index in [1.807, 2.05) is 11.6 Å². The summed E-state index contributed by atoms with van der Waals surface area (Å²) in [7, 11) is 1.89. The molecule has 1 saturated heterocycles. The van der Waals surface area contributed by atoms with Crippen molar-refractivity contribution in [1.29, 1.82) is 0 Å². The molecule has 4 nitrogen and oxygen atoms in total. The van der Waals surface area contributed by atoms with Crippen LogP contribution in [0.25, 0.3) is 0 Å². The first-order valence-electron chi connectivity index (χ1n) is 4.12. The zero-order valence-corrected chi connectivity index (χ0v) is 8.01. The highest BCUT2D eigenvalue weighted by molar-refractivity contribution is 6.30. The number of hydrogen-bond acceptors (Lipinski definition) is 2. The maximum absolute atomic E-state index is 11.0. The minimum atomic E-state index is 0.0854. The molecule has 0 saturated carbocycles. The molecule has 0 radical (unpaired) electrons. The van der Waals surface area contributed by atoms with Crippen molar-refractivity contribution in [3.8, 4) is 0 Å². The fraction of sp³-hybridized carbons (Fsp3) is 0.500. The third-order valence-electron chi connectivity index (χ3n) is 2.30. The molecule has 0 spiro atoms. The number of aryl methyl sites for hydroxylation is 1. The normalized spacial score (nSPS) is 22.0. The monoisotopic (exact) mass is 199 g/mol. The number of imidazole rings is 1. The van der Waals surface area contributed by atoms with Crippen molar-refractivity contribution in [2.75, 3.05) is 6.54 Å². The van der Waals surface area contributed by atoms with E-state index < -0.39 is 0 Å². The van der Waals surface area contributed by atoms with Crippen LogP contribution in [-0.2, 0) is 11.8 Å². The fourth-order valence-corrected chi connectivity index (χ4v) is 2.00. The minimum Gasteiger partial charge on any atom is -0.355 e. The first kappa shape index (κ1) is 8.56. The maximum Gasteiger partial charge on any atom is 0.220 e. The van der Waals surface area contributed by atoms with Crippen LogP contribution >= 0.6 is 11.6 Å². The summed E-state index contributed by atoms with van der Waals surface area (Å²) < 4.78 is 1.87. The van der Waals surface area contributed by atoms with Crippen molar-refractivity contribution < 1.29 is 4.79 Å². The second kappa shape index (κ2) is 3.03. The van der Waals surface area contributed by atoms with Crippen LogP contribution in [0, 0.1) is 0 Å². The molecule has 1 aromatic rings. The number of carbonyl (C=O) groups is 1. The molecule has 1 aromatic heterocycles. The van der Waals surface area contributed by atoms with E-state index in [1.165, 1.54) is 0 Å². The third kappa shape index (κ3) is 1.42. The Balaban J connectivity index is 2.30. The largest absolute Gasteiger partial charge is 0.355 e. The molecule has 1 N–H and O–H groups in total. The van der Waals surface area contributed by atoms with E-state index in [9.17, 15) is 4.79 Å². The zero-order chi connectivity index (χ0) is 9.42. The topological polar surface area (TPSA) is 46.9 Å². The van der Waals surface area contributed by atoms with E-state index in [-0.39, 0.29) is 11.8 Å². The second-order valence-electron chi connectivity index (χ2n) is 3.24. The second-order valence-corrected chi connectivity index (χ2v) is 3.59. The lowest BCUT2D eigenvalue weighted by Gasteiger charge is -2.07. The summed E-state index contributed by atoms with van der Waals surface area (Å²) in [6.07, 6.45) is 2.18. The Morgan fingerprint density at radius 3 is 3.00 bits per heavy atom. The molecule has 1 fully saturated rings. The number of hydrogen-bond donors (Lipinski definition) is 1. The Morgan fingerprint density at radius 1 is 1.77 bits per heavy atom. The van der Waals surface area contributed by atoms with Crippen LogP contribution in [0.5, 0.6) is 0 Å². The summed E-state index contributed by atoms with van der Waals surface area (Å²) in [5, 5.41) is 3.28. The van der Waals surface area contributed by atoms with E-state index in [2.05, 4.69) is 10.3 Å². The minimum absolute atomic E-state index is 0.0854. The van der Waals surface area contributed by atoms with E-state index in [1.54, 1.807) is 6.33 Å². The molecule has 5 heteroatoms. The molecule has 1 amide bonds. The van der Waals surface area contributed by atoms with Crippen LogP contribution in [0.2, 0.25) is 5.15 Å². The van der Waals surface area contributed by atoms with E-state index in [4.69, 9.17) is 11.6 Å². The van der Waals surface area contributed by atoms with Crippen molar-refractivity contribution in [3.05, 3.63) is 17.2 Å². The fourth-order valence-electron chi connectivity index (χ4n) is 1.67. The van der Waals surface area contributed by atoms with Crippen LogP contribution in [0.3, 0.4) is 0 Å². The summed E-state index contributed by atoms with van der Waals surface area (Å²) in [4.78, 5) is 15.0. The van der Waals surface area contributed by atoms with Crippen molar-refractivity contribution >= 4 is 17.5 Å². The zero-order valence-electron chi connectivity index (χ0n) is 7.25. The van der Waals surface area contributed by atoms with Crippen molar-refractivity contribution in [2.45, 2.75) is 12.3 Å². The number of nitrogens with one attached hydrogen (secondary N) is 1. The summed E-state index contributed by atoms with van der Waals surface area (Å²) in [6, 6.07) is 0.